The van der Waals surface area contributed by atoms with Crippen LogP contribution in [-0.4, -0.2) is 23.1 Å². The average Bonchev–Trinajstić information content (AvgIpc) is 2.16. The third-order valence-electron chi connectivity index (χ3n) is 2.35. The molecule has 1 rings (SSSR count). The monoisotopic (exact) mass is 193 g/mol. The molecule has 1 heterocycles. The molecule has 0 spiro atoms. The maximum absolute atomic E-state index is 4.20. The maximum Gasteiger partial charge on any atom is 0.115 e. The smallest absolute Gasteiger partial charge is 0.115 e. The Morgan fingerprint density at radius 2 is 1.79 bits per heavy atom. The standard InChI is InChI=1S/C11H19N3/c1-4-6-12-7-5-11-9(2)13-8-14-10(11)3/h8,12H,4-7H2,1-3H3. The van der Waals surface area contributed by atoms with Crippen LogP contribution in [0.4, 0.5) is 0 Å². The van der Waals surface area contributed by atoms with Gasteiger partial charge < -0.3 is 5.32 Å². The summed E-state index contributed by atoms with van der Waals surface area (Å²) in [6.07, 6.45) is 3.84. The van der Waals surface area contributed by atoms with E-state index < -0.39 is 0 Å². The van der Waals surface area contributed by atoms with Gasteiger partial charge in [-0.3, -0.25) is 0 Å². The highest BCUT2D eigenvalue weighted by Crippen LogP contribution is 2.07. The van der Waals surface area contributed by atoms with Crippen molar-refractivity contribution in [2.24, 2.45) is 0 Å². The van der Waals surface area contributed by atoms with Gasteiger partial charge in [-0.05, 0) is 45.3 Å². The lowest BCUT2D eigenvalue weighted by Crippen LogP contribution is -2.19. The second-order valence-corrected chi connectivity index (χ2v) is 3.52. The molecule has 0 aliphatic rings. The molecule has 0 aromatic carbocycles. The predicted molar refractivity (Wildman–Crippen MR) is 58.4 cm³/mol. The predicted octanol–water partition coefficient (Wildman–Crippen LogP) is 1.64. The van der Waals surface area contributed by atoms with Gasteiger partial charge in [-0.2, -0.15) is 0 Å². The summed E-state index contributed by atoms with van der Waals surface area (Å²) >= 11 is 0. The summed E-state index contributed by atoms with van der Waals surface area (Å²) < 4.78 is 0. The van der Waals surface area contributed by atoms with E-state index in [1.54, 1.807) is 6.33 Å². The lowest BCUT2D eigenvalue weighted by Gasteiger charge is -2.07. The third-order valence-corrected chi connectivity index (χ3v) is 2.35. The number of aryl methyl sites for hydroxylation is 2. The molecule has 0 saturated heterocycles. The Kier molecular flexibility index (Phi) is 4.53. The highest BCUT2D eigenvalue weighted by Gasteiger charge is 2.03. The largest absolute Gasteiger partial charge is 0.316 e. The molecule has 1 aromatic heterocycles. The summed E-state index contributed by atoms with van der Waals surface area (Å²) in [5, 5.41) is 3.38. The maximum atomic E-state index is 4.20. The zero-order valence-corrected chi connectivity index (χ0v) is 9.30. The summed E-state index contributed by atoms with van der Waals surface area (Å²) in [6, 6.07) is 0. The first-order valence-electron chi connectivity index (χ1n) is 5.23. The van der Waals surface area contributed by atoms with Gasteiger partial charge in [0.05, 0.1) is 0 Å². The Labute approximate surface area is 86.0 Å². The van der Waals surface area contributed by atoms with Gasteiger partial charge in [0.1, 0.15) is 6.33 Å². The lowest BCUT2D eigenvalue weighted by molar-refractivity contribution is 0.666. The number of rotatable bonds is 5. The number of hydrogen-bond donors (Lipinski definition) is 1. The summed E-state index contributed by atoms with van der Waals surface area (Å²) in [5.74, 6) is 0. The second kappa shape index (κ2) is 5.70. The van der Waals surface area contributed by atoms with E-state index in [0.29, 0.717) is 0 Å². The van der Waals surface area contributed by atoms with Gasteiger partial charge in [0.15, 0.2) is 0 Å². The molecule has 3 heteroatoms. The van der Waals surface area contributed by atoms with Crippen LogP contribution in [0.2, 0.25) is 0 Å². The first-order chi connectivity index (χ1) is 6.75. The van der Waals surface area contributed by atoms with E-state index in [-0.39, 0.29) is 0 Å². The minimum atomic E-state index is 1.02. The van der Waals surface area contributed by atoms with E-state index in [1.807, 2.05) is 13.8 Å². The van der Waals surface area contributed by atoms with Crippen molar-refractivity contribution in [1.82, 2.24) is 15.3 Å². The molecule has 0 saturated carbocycles. The van der Waals surface area contributed by atoms with Crippen LogP contribution in [0.1, 0.15) is 30.3 Å². The van der Waals surface area contributed by atoms with Gasteiger partial charge in [-0.25, -0.2) is 9.97 Å². The Morgan fingerprint density at radius 3 is 2.36 bits per heavy atom. The first-order valence-corrected chi connectivity index (χ1v) is 5.23. The van der Waals surface area contributed by atoms with Crippen LogP contribution in [0.25, 0.3) is 0 Å². The van der Waals surface area contributed by atoms with Crippen molar-refractivity contribution >= 4 is 0 Å². The van der Waals surface area contributed by atoms with Crippen LogP contribution in [0.3, 0.4) is 0 Å². The zero-order chi connectivity index (χ0) is 10.4. The molecular weight excluding hydrogens is 174 g/mol. The fraction of sp³-hybridized carbons (Fsp3) is 0.636. The Morgan fingerprint density at radius 1 is 1.14 bits per heavy atom. The van der Waals surface area contributed by atoms with Crippen molar-refractivity contribution in [3.63, 3.8) is 0 Å². The minimum absolute atomic E-state index is 1.02. The van der Waals surface area contributed by atoms with E-state index in [1.165, 1.54) is 12.0 Å². The van der Waals surface area contributed by atoms with Crippen LogP contribution < -0.4 is 5.32 Å². The van der Waals surface area contributed by atoms with Crippen molar-refractivity contribution in [2.75, 3.05) is 13.1 Å². The van der Waals surface area contributed by atoms with Crippen LogP contribution in [-0.2, 0) is 6.42 Å². The van der Waals surface area contributed by atoms with Gasteiger partial charge in [0.25, 0.3) is 0 Å². The highest BCUT2D eigenvalue weighted by molar-refractivity contribution is 5.22. The summed E-state index contributed by atoms with van der Waals surface area (Å²) in [4.78, 5) is 8.40. The topological polar surface area (TPSA) is 37.8 Å². The van der Waals surface area contributed by atoms with Crippen LogP contribution >= 0.6 is 0 Å². The SMILES string of the molecule is CCCNCCc1c(C)ncnc1C. The summed E-state index contributed by atoms with van der Waals surface area (Å²) in [6.45, 7) is 8.37. The number of nitrogens with zero attached hydrogens (tertiary/aromatic N) is 2. The van der Waals surface area contributed by atoms with E-state index in [9.17, 15) is 0 Å². The molecule has 0 aliphatic heterocycles. The Bertz CT molecular complexity index is 264. The van der Waals surface area contributed by atoms with Crippen molar-refractivity contribution < 1.29 is 0 Å². The average molecular weight is 193 g/mol. The van der Waals surface area contributed by atoms with E-state index >= 15 is 0 Å². The number of aromatic nitrogens is 2. The van der Waals surface area contributed by atoms with E-state index in [2.05, 4.69) is 22.2 Å². The molecule has 0 amide bonds. The molecule has 14 heavy (non-hydrogen) atoms. The Balaban J connectivity index is 2.49. The third kappa shape index (κ3) is 3.07. The molecule has 78 valence electrons. The molecular formula is C11H19N3. The van der Waals surface area contributed by atoms with E-state index in [4.69, 9.17) is 0 Å². The van der Waals surface area contributed by atoms with Gasteiger partial charge in [-0.1, -0.05) is 6.92 Å². The van der Waals surface area contributed by atoms with Gasteiger partial charge in [0.2, 0.25) is 0 Å². The van der Waals surface area contributed by atoms with Gasteiger partial charge in [0, 0.05) is 11.4 Å². The van der Waals surface area contributed by atoms with Gasteiger partial charge >= 0.3 is 0 Å². The summed E-state index contributed by atoms with van der Waals surface area (Å²) in [5.41, 5.74) is 3.50. The number of nitrogens with one attached hydrogen (secondary N) is 1. The molecule has 3 nitrogen and oxygen atoms in total. The molecule has 0 fully saturated rings. The van der Waals surface area contributed by atoms with Crippen LogP contribution in [0.15, 0.2) is 6.33 Å². The van der Waals surface area contributed by atoms with Crippen LogP contribution in [0.5, 0.6) is 0 Å². The lowest BCUT2D eigenvalue weighted by atomic mass is 10.1. The minimum Gasteiger partial charge on any atom is -0.316 e. The molecule has 1 aromatic rings. The second-order valence-electron chi connectivity index (χ2n) is 3.52. The van der Waals surface area contributed by atoms with Crippen molar-refractivity contribution in [1.29, 1.82) is 0 Å². The molecule has 0 unspecified atom stereocenters. The fourth-order valence-corrected chi connectivity index (χ4v) is 1.50. The summed E-state index contributed by atoms with van der Waals surface area (Å²) in [7, 11) is 0. The van der Waals surface area contributed by atoms with Crippen LogP contribution in [0, 0.1) is 13.8 Å². The highest BCUT2D eigenvalue weighted by atomic mass is 14.9. The number of hydrogen-bond acceptors (Lipinski definition) is 3. The van der Waals surface area contributed by atoms with Crippen molar-refractivity contribution in [2.45, 2.75) is 33.6 Å². The Hall–Kier alpha value is -0.960. The molecule has 0 radical (unpaired) electrons. The molecule has 1 N–H and O–H groups in total. The first kappa shape index (κ1) is 11.1. The van der Waals surface area contributed by atoms with Crippen molar-refractivity contribution in [3.05, 3.63) is 23.3 Å². The molecule has 0 aliphatic carbocycles. The molecule has 0 atom stereocenters. The van der Waals surface area contributed by atoms with Gasteiger partial charge in [-0.15, -0.1) is 0 Å². The van der Waals surface area contributed by atoms with E-state index in [0.717, 1.165) is 30.9 Å². The zero-order valence-electron chi connectivity index (χ0n) is 9.30. The fourth-order valence-electron chi connectivity index (χ4n) is 1.50. The quantitative estimate of drug-likeness (QED) is 0.722. The molecule has 0 bridgehead atoms. The van der Waals surface area contributed by atoms with Crippen molar-refractivity contribution in [3.8, 4) is 0 Å². The normalized spacial score (nSPS) is 10.5.